The molecule has 0 saturated carbocycles. The third kappa shape index (κ3) is 3.90. The van der Waals surface area contributed by atoms with Gasteiger partial charge in [-0.2, -0.15) is 16.1 Å². The molecule has 2 rings (SSSR count). The van der Waals surface area contributed by atoms with Crippen LogP contribution in [0.25, 0.3) is 0 Å². The molecule has 0 amide bonds. The van der Waals surface area contributed by atoms with Gasteiger partial charge in [0.05, 0.1) is 5.69 Å². The van der Waals surface area contributed by atoms with Crippen molar-refractivity contribution in [2.24, 2.45) is 0 Å². The Hall–Kier alpha value is -0.790. The number of hydrogen-bond acceptors (Lipinski definition) is 5. The number of anilines is 1. The summed E-state index contributed by atoms with van der Waals surface area (Å²) < 4.78 is 27.4. The van der Waals surface area contributed by atoms with E-state index in [1.807, 2.05) is 18.7 Å². The number of nitrogens with one attached hydrogen (secondary N) is 1. The van der Waals surface area contributed by atoms with Crippen molar-refractivity contribution >= 4 is 27.5 Å². The fourth-order valence-corrected chi connectivity index (χ4v) is 5.70. The highest BCUT2D eigenvalue weighted by Gasteiger charge is 2.33. The first-order valence-electron chi connectivity index (χ1n) is 7.28. The summed E-state index contributed by atoms with van der Waals surface area (Å²) in [5.41, 5.74) is 0.644. The van der Waals surface area contributed by atoms with E-state index in [4.69, 9.17) is 0 Å². The molecule has 21 heavy (non-hydrogen) atoms. The first kappa shape index (κ1) is 16.6. The van der Waals surface area contributed by atoms with Crippen LogP contribution in [0.3, 0.4) is 0 Å². The molecule has 0 spiro atoms. The molecule has 2 unspecified atom stereocenters. The number of nitrogens with zero attached hydrogens (tertiary/aromatic N) is 2. The van der Waals surface area contributed by atoms with Gasteiger partial charge in [-0.15, -0.1) is 0 Å². The quantitative estimate of drug-likeness (QED) is 0.899. The lowest BCUT2D eigenvalue weighted by atomic mass is 10.4. The zero-order valence-corrected chi connectivity index (χ0v) is 14.4. The monoisotopic (exact) mass is 329 g/mol. The molecule has 1 saturated heterocycles. The number of rotatable bonds is 5. The van der Waals surface area contributed by atoms with Gasteiger partial charge in [0, 0.05) is 42.5 Å². The van der Waals surface area contributed by atoms with Crippen molar-refractivity contribution in [3.8, 4) is 0 Å². The van der Waals surface area contributed by atoms with Crippen LogP contribution in [0, 0.1) is 0 Å². The molecule has 2 heterocycles. The lowest BCUT2D eigenvalue weighted by molar-refractivity contribution is 0.405. The highest BCUT2D eigenvalue weighted by Crippen LogP contribution is 2.31. The zero-order valence-electron chi connectivity index (χ0n) is 12.7. The highest BCUT2D eigenvalue weighted by molar-refractivity contribution is 8.00. The van der Waals surface area contributed by atoms with Crippen LogP contribution in [0.15, 0.2) is 23.4 Å². The van der Waals surface area contributed by atoms with Crippen LogP contribution in [-0.4, -0.2) is 47.8 Å². The minimum Gasteiger partial charge on any atom is -0.384 e. The van der Waals surface area contributed by atoms with Crippen LogP contribution in [0.1, 0.15) is 27.2 Å². The fourth-order valence-electron chi connectivity index (χ4n) is 2.46. The van der Waals surface area contributed by atoms with E-state index < -0.39 is 10.0 Å². The van der Waals surface area contributed by atoms with Crippen LogP contribution < -0.4 is 5.32 Å². The van der Waals surface area contributed by atoms with Gasteiger partial charge in [0.15, 0.2) is 0 Å². The zero-order chi connectivity index (χ0) is 15.5. The van der Waals surface area contributed by atoms with E-state index >= 15 is 0 Å². The van der Waals surface area contributed by atoms with Crippen molar-refractivity contribution in [1.29, 1.82) is 0 Å². The van der Waals surface area contributed by atoms with Crippen LogP contribution in [-0.2, 0) is 10.0 Å². The molecule has 1 aliphatic rings. The summed E-state index contributed by atoms with van der Waals surface area (Å²) in [7, 11) is -3.49. The average Bonchev–Trinajstić information content (AvgIpc) is 2.44. The summed E-state index contributed by atoms with van der Waals surface area (Å²) in [5, 5.41) is 3.80. The van der Waals surface area contributed by atoms with E-state index in [9.17, 15) is 8.42 Å². The Morgan fingerprint density at radius 2 is 2.05 bits per heavy atom. The lowest BCUT2D eigenvalue weighted by Crippen LogP contribution is -2.44. The van der Waals surface area contributed by atoms with Gasteiger partial charge in [-0.3, -0.25) is 4.98 Å². The van der Waals surface area contributed by atoms with Crippen LogP contribution in [0.2, 0.25) is 0 Å². The maximum atomic E-state index is 12.9. The molecule has 2 atom stereocenters. The predicted molar refractivity (Wildman–Crippen MR) is 88.3 cm³/mol. The Bertz CT molecular complexity index is 567. The molecule has 1 aromatic rings. The van der Waals surface area contributed by atoms with E-state index in [0.717, 1.165) is 13.0 Å². The van der Waals surface area contributed by atoms with Gasteiger partial charge in [0.25, 0.3) is 0 Å². The normalized spacial score (nSPS) is 24.0. The second kappa shape index (κ2) is 6.98. The molecule has 1 N–H and O–H groups in total. The first-order valence-corrected chi connectivity index (χ1v) is 9.67. The Morgan fingerprint density at radius 3 is 2.67 bits per heavy atom. The van der Waals surface area contributed by atoms with Gasteiger partial charge < -0.3 is 5.32 Å². The van der Waals surface area contributed by atoms with E-state index in [-0.39, 0.29) is 4.90 Å². The summed E-state index contributed by atoms with van der Waals surface area (Å²) in [4.78, 5) is 4.28. The van der Waals surface area contributed by atoms with Gasteiger partial charge in [0.1, 0.15) is 4.90 Å². The second-order valence-corrected chi connectivity index (χ2v) is 9.17. The Labute approximate surface area is 131 Å². The van der Waals surface area contributed by atoms with E-state index in [0.29, 0.717) is 29.3 Å². The Kier molecular flexibility index (Phi) is 5.51. The SMILES string of the molecule is CCCNc1ccncc1S(=O)(=O)N1CC(C)SC(C)C1. The molecule has 118 valence electrons. The van der Waals surface area contributed by atoms with E-state index in [1.165, 1.54) is 6.20 Å². The molecule has 0 aliphatic carbocycles. The molecule has 7 heteroatoms. The third-order valence-corrected chi connectivity index (χ3v) is 6.44. The number of thioether (sulfide) groups is 1. The molecular weight excluding hydrogens is 306 g/mol. The van der Waals surface area contributed by atoms with Gasteiger partial charge in [-0.05, 0) is 12.5 Å². The smallest absolute Gasteiger partial charge is 0.246 e. The standard InChI is InChI=1S/C14H23N3O2S2/c1-4-6-16-13-5-7-15-8-14(13)21(18,19)17-9-11(2)20-12(3)10-17/h5,7-8,11-12H,4,6,9-10H2,1-3H3,(H,15,16). The van der Waals surface area contributed by atoms with Crippen LogP contribution in [0.4, 0.5) is 5.69 Å². The van der Waals surface area contributed by atoms with Crippen molar-refractivity contribution in [1.82, 2.24) is 9.29 Å². The number of hydrogen-bond donors (Lipinski definition) is 1. The molecule has 0 bridgehead atoms. The van der Waals surface area contributed by atoms with Crippen molar-refractivity contribution < 1.29 is 8.42 Å². The minimum atomic E-state index is -3.49. The number of aromatic nitrogens is 1. The Balaban J connectivity index is 2.31. The predicted octanol–water partition coefficient (Wildman–Crippen LogP) is 2.42. The largest absolute Gasteiger partial charge is 0.384 e. The van der Waals surface area contributed by atoms with Crippen molar-refractivity contribution in [2.45, 2.75) is 42.6 Å². The molecule has 1 aliphatic heterocycles. The maximum absolute atomic E-state index is 12.9. The summed E-state index contributed by atoms with van der Waals surface area (Å²) >= 11 is 1.84. The van der Waals surface area contributed by atoms with Crippen molar-refractivity contribution in [3.63, 3.8) is 0 Å². The molecular formula is C14H23N3O2S2. The first-order chi connectivity index (χ1) is 9.95. The summed E-state index contributed by atoms with van der Waals surface area (Å²) in [5.74, 6) is 0. The third-order valence-electron chi connectivity index (χ3n) is 3.35. The molecule has 1 aromatic heterocycles. The summed E-state index contributed by atoms with van der Waals surface area (Å²) in [6, 6.07) is 1.73. The van der Waals surface area contributed by atoms with Gasteiger partial charge in [-0.25, -0.2) is 8.42 Å². The Morgan fingerprint density at radius 1 is 1.38 bits per heavy atom. The fraction of sp³-hybridized carbons (Fsp3) is 0.643. The molecule has 0 aromatic carbocycles. The van der Waals surface area contributed by atoms with Crippen molar-refractivity contribution in [2.75, 3.05) is 25.0 Å². The number of sulfonamides is 1. The summed E-state index contributed by atoms with van der Waals surface area (Å²) in [6.07, 6.45) is 4.01. The van der Waals surface area contributed by atoms with Crippen LogP contribution in [0.5, 0.6) is 0 Å². The topological polar surface area (TPSA) is 62.3 Å². The molecule has 1 fully saturated rings. The van der Waals surface area contributed by atoms with Gasteiger partial charge in [0.2, 0.25) is 10.0 Å². The second-order valence-electron chi connectivity index (χ2n) is 5.38. The van der Waals surface area contributed by atoms with Crippen molar-refractivity contribution in [3.05, 3.63) is 18.5 Å². The lowest BCUT2D eigenvalue weighted by Gasteiger charge is -2.34. The summed E-state index contributed by atoms with van der Waals surface area (Å²) in [6.45, 7) is 8.05. The molecule has 5 nitrogen and oxygen atoms in total. The molecule has 0 radical (unpaired) electrons. The van der Waals surface area contributed by atoms with E-state index in [2.05, 4.69) is 24.1 Å². The minimum absolute atomic E-state index is 0.282. The average molecular weight is 329 g/mol. The highest BCUT2D eigenvalue weighted by atomic mass is 32.2. The van der Waals surface area contributed by atoms with E-state index in [1.54, 1.807) is 16.6 Å². The number of pyridine rings is 1. The maximum Gasteiger partial charge on any atom is 0.246 e. The van der Waals surface area contributed by atoms with Crippen LogP contribution >= 0.6 is 11.8 Å². The van der Waals surface area contributed by atoms with Gasteiger partial charge in [-0.1, -0.05) is 20.8 Å². The van der Waals surface area contributed by atoms with Gasteiger partial charge >= 0.3 is 0 Å².